The molecule has 3 rings (SSSR count). The molecule has 2 aromatic heterocycles. The topological polar surface area (TPSA) is 37.6 Å². The van der Waals surface area contributed by atoms with Crippen molar-refractivity contribution in [2.24, 2.45) is 0 Å². The van der Waals surface area contributed by atoms with Crippen molar-refractivity contribution in [1.82, 2.24) is 9.61 Å². The molecule has 0 aromatic carbocycles. The van der Waals surface area contributed by atoms with E-state index in [2.05, 4.69) is 16.1 Å². The van der Waals surface area contributed by atoms with Crippen LogP contribution in [-0.4, -0.2) is 29.0 Å². The molecular formula is C14H19N3O. The average molecular weight is 245 g/mol. The molecule has 0 aliphatic carbocycles. The maximum absolute atomic E-state index is 10.8. The maximum Gasteiger partial charge on any atom is 0.153 e. The highest BCUT2D eigenvalue weighted by molar-refractivity contribution is 5.86. The third-order valence-corrected chi connectivity index (χ3v) is 3.13. The molecule has 0 bridgehead atoms. The number of pyridine rings is 1. The monoisotopic (exact) mass is 245 g/mol. The zero-order valence-electron chi connectivity index (χ0n) is 11.0. The van der Waals surface area contributed by atoms with Crippen molar-refractivity contribution in [3.05, 3.63) is 30.1 Å². The van der Waals surface area contributed by atoms with Crippen LogP contribution in [-0.2, 0) is 0 Å². The first-order chi connectivity index (χ1) is 8.88. The Kier molecular flexibility index (Phi) is 3.97. The van der Waals surface area contributed by atoms with Crippen LogP contribution >= 0.6 is 0 Å². The summed E-state index contributed by atoms with van der Waals surface area (Å²) in [5.41, 5.74) is 2.73. The summed E-state index contributed by atoms with van der Waals surface area (Å²) >= 11 is 0. The van der Waals surface area contributed by atoms with Crippen LogP contribution in [0.3, 0.4) is 0 Å². The van der Waals surface area contributed by atoms with E-state index in [9.17, 15) is 4.79 Å². The molecule has 0 radical (unpaired) electrons. The number of carbonyl (C=O) groups excluding carboxylic acids is 1. The molecule has 0 N–H and O–H groups in total. The van der Waals surface area contributed by atoms with Gasteiger partial charge in [0.15, 0.2) is 6.29 Å². The van der Waals surface area contributed by atoms with Crippen molar-refractivity contribution in [1.29, 1.82) is 0 Å². The number of rotatable bonds is 2. The third kappa shape index (κ3) is 2.23. The van der Waals surface area contributed by atoms with Crippen LogP contribution in [0.15, 0.2) is 24.5 Å². The second-order valence-corrected chi connectivity index (χ2v) is 4.13. The van der Waals surface area contributed by atoms with E-state index in [1.807, 2.05) is 26.1 Å². The summed E-state index contributed by atoms with van der Waals surface area (Å²) in [6.07, 6.45) is 6.89. The first-order valence-corrected chi connectivity index (χ1v) is 6.56. The Balaban J connectivity index is 0.000000574. The van der Waals surface area contributed by atoms with E-state index in [-0.39, 0.29) is 0 Å². The Bertz CT molecular complexity index is 527. The molecule has 96 valence electrons. The molecule has 4 nitrogen and oxygen atoms in total. The summed E-state index contributed by atoms with van der Waals surface area (Å²) in [5.74, 6) is 0. The molecule has 4 heteroatoms. The van der Waals surface area contributed by atoms with Gasteiger partial charge in [-0.3, -0.25) is 4.79 Å². The Hall–Kier alpha value is -1.84. The van der Waals surface area contributed by atoms with Gasteiger partial charge in [0.25, 0.3) is 0 Å². The number of aldehydes is 1. The van der Waals surface area contributed by atoms with Crippen LogP contribution in [0.4, 0.5) is 5.69 Å². The number of fused-ring (bicyclic) bond motifs is 1. The zero-order chi connectivity index (χ0) is 13.0. The van der Waals surface area contributed by atoms with E-state index in [0.29, 0.717) is 5.56 Å². The summed E-state index contributed by atoms with van der Waals surface area (Å²) in [5, 5.41) is 4.12. The lowest BCUT2D eigenvalue weighted by Gasteiger charge is -2.17. The predicted molar refractivity (Wildman–Crippen MR) is 73.4 cm³/mol. The van der Waals surface area contributed by atoms with Gasteiger partial charge in [-0.05, 0) is 25.0 Å². The van der Waals surface area contributed by atoms with Gasteiger partial charge in [-0.25, -0.2) is 4.52 Å². The molecule has 3 heterocycles. The first kappa shape index (κ1) is 12.6. The summed E-state index contributed by atoms with van der Waals surface area (Å²) in [6, 6.07) is 4.10. The largest absolute Gasteiger partial charge is 0.371 e. The highest BCUT2D eigenvalue weighted by Crippen LogP contribution is 2.22. The molecule has 1 saturated heterocycles. The van der Waals surface area contributed by atoms with Crippen LogP contribution in [0.1, 0.15) is 37.0 Å². The van der Waals surface area contributed by atoms with Gasteiger partial charge in [-0.1, -0.05) is 13.8 Å². The molecule has 1 aliphatic heterocycles. The second kappa shape index (κ2) is 5.67. The number of hydrogen-bond donors (Lipinski definition) is 0. The van der Waals surface area contributed by atoms with Crippen molar-refractivity contribution in [2.45, 2.75) is 26.7 Å². The van der Waals surface area contributed by atoms with Crippen molar-refractivity contribution in [3.63, 3.8) is 0 Å². The Morgan fingerprint density at radius 2 is 2.00 bits per heavy atom. The molecule has 0 unspecified atom stereocenters. The van der Waals surface area contributed by atoms with E-state index in [1.54, 1.807) is 10.7 Å². The van der Waals surface area contributed by atoms with Crippen molar-refractivity contribution in [3.8, 4) is 0 Å². The highest BCUT2D eigenvalue weighted by Gasteiger charge is 2.13. The molecule has 0 saturated carbocycles. The number of carbonyl (C=O) groups is 1. The Morgan fingerprint density at radius 1 is 1.28 bits per heavy atom. The lowest BCUT2D eigenvalue weighted by atomic mass is 10.2. The Morgan fingerprint density at radius 3 is 2.67 bits per heavy atom. The number of anilines is 1. The number of nitrogens with zero attached hydrogens (tertiary/aromatic N) is 3. The van der Waals surface area contributed by atoms with Gasteiger partial charge in [-0.15, -0.1) is 0 Å². The minimum absolute atomic E-state index is 0.654. The fourth-order valence-corrected chi connectivity index (χ4v) is 2.25. The minimum Gasteiger partial charge on any atom is -0.371 e. The fourth-order valence-electron chi connectivity index (χ4n) is 2.25. The summed E-state index contributed by atoms with van der Waals surface area (Å²) in [4.78, 5) is 13.2. The van der Waals surface area contributed by atoms with Gasteiger partial charge in [-0.2, -0.15) is 5.10 Å². The molecule has 1 fully saturated rings. The summed E-state index contributed by atoms with van der Waals surface area (Å²) in [7, 11) is 0. The summed E-state index contributed by atoms with van der Waals surface area (Å²) < 4.78 is 1.74. The quantitative estimate of drug-likeness (QED) is 0.763. The van der Waals surface area contributed by atoms with E-state index < -0.39 is 0 Å². The molecule has 1 aliphatic rings. The van der Waals surface area contributed by atoms with Crippen molar-refractivity contribution < 1.29 is 4.79 Å². The van der Waals surface area contributed by atoms with E-state index in [0.717, 1.165) is 24.9 Å². The highest BCUT2D eigenvalue weighted by atomic mass is 16.1. The van der Waals surface area contributed by atoms with Crippen LogP contribution in [0.25, 0.3) is 5.52 Å². The van der Waals surface area contributed by atoms with Gasteiger partial charge in [0.1, 0.15) is 0 Å². The molecule has 2 aromatic rings. The van der Waals surface area contributed by atoms with Crippen LogP contribution in [0.5, 0.6) is 0 Å². The predicted octanol–water partition coefficient (Wildman–Crippen LogP) is 2.77. The molecular weight excluding hydrogens is 226 g/mol. The van der Waals surface area contributed by atoms with Gasteiger partial charge < -0.3 is 4.90 Å². The lowest BCUT2D eigenvalue weighted by molar-refractivity contribution is 0.112. The van der Waals surface area contributed by atoms with E-state index in [1.165, 1.54) is 18.5 Å². The molecule has 0 atom stereocenters. The fraction of sp³-hybridized carbons (Fsp3) is 0.429. The minimum atomic E-state index is 0.654. The molecule has 18 heavy (non-hydrogen) atoms. The molecule has 0 spiro atoms. The van der Waals surface area contributed by atoms with Crippen molar-refractivity contribution >= 4 is 17.5 Å². The zero-order valence-corrected chi connectivity index (χ0v) is 11.0. The second-order valence-electron chi connectivity index (χ2n) is 4.13. The smallest absolute Gasteiger partial charge is 0.153 e. The molecule has 0 amide bonds. The normalized spacial score (nSPS) is 14.4. The number of hydrogen-bond acceptors (Lipinski definition) is 3. The standard InChI is InChI=1S/C12H13N3O.C2H6/c16-9-10-8-13-15-6-3-11(7-12(10)15)14-4-1-2-5-14;1-2/h3,6-9H,1-2,4-5H2;1-2H3. The average Bonchev–Trinajstić information content (AvgIpc) is 3.09. The SMILES string of the molecule is CC.O=Cc1cnn2ccc(N3CCCC3)cc12. The van der Waals surface area contributed by atoms with Crippen LogP contribution in [0, 0.1) is 0 Å². The first-order valence-electron chi connectivity index (χ1n) is 6.56. The van der Waals surface area contributed by atoms with Gasteiger partial charge in [0, 0.05) is 25.0 Å². The van der Waals surface area contributed by atoms with Gasteiger partial charge >= 0.3 is 0 Å². The third-order valence-electron chi connectivity index (χ3n) is 3.13. The van der Waals surface area contributed by atoms with Crippen LogP contribution < -0.4 is 4.90 Å². The van der Waals surface area contributed by atoms with Crippen molar-refractivity contribution in [2.75, 3.05) is 18.0 Å². The van der Waals surface area contributed by atoms with Gasteiger partial charge in [0.2, 0.25) is 0 Å². The maximum atomic E-state index is 10.8. The number of aromatic nitrogens is 2. The lowest BCUT2D eigenvalue weighted by Crippen LogP contribution is -2.17. The Labute approximate surface area is 107 Å². The summed E-state index contributed by atoms with van der Waals surface area (Å²) in [6.45, 7) is 6.22. The van der Waals surface area contributed by atoms with E-state index in [4.69, 9.17) is 0 Å². The van der Waals surface area contributed by atoms with Gasteiger partial charge in [0.05, 0.1) is 17.3 Å². The van der Waals surface area contributed by atoms with Crippen LogP contribution in [0.2, 0.25) is 0 Å². The van der Waals surface area contributed by atoms with E-state index >= 15 is 0 Å².